The third-order valence-corrected chi connectivity index (χ3v) is 3.34. The first kappa shape index (κ1) is 18.4. The number of hydrogen-bond donors (Lipinski definition) is 1. The SMILES string of the molecule is CCOc1ccc(NC(=O)CN(C(C)=O)c2c(F)cccc2F)cc1. The minimum absolute atomic E-state index is 0.478. The molecule has 0 aliphatic heterocycles. The minimum Gasteiger partial charge on any atom is -0.494 e. The molecule has 0 spiro atoms. The fraction of sp³-hybridized carbons (Fsp3) is 0.222. The Hall–Kier alpha value is -2.96. The van der Waals surface area contributed by atoms with Crippen molar-refractivity contribution in [2.24, 2.45) is 0 Å². The van der Waals surface area contributed by atoms with Crippen molar-refractivity contribution in [3.05, 3.63) is 54.1 Å². The van der Waals surface area contributed by atoms with Crippen LogP contribution in [0.1, 0.15) is 13.8 Å². The van der Waals surface area contributed by atoms with Gasteiger partial charge >= 0.3 is 0 Å². The van der Waals surface area contributed by atoms with E-state index in [9.17, 15) is 18.4 Å². The Morgan fingerprint density at radius 3 is 2.20 bits per heavy atom. The fourth-order valence-corrected chi connectivity index (χ4v) is 2.24. The van der Waals surface area contributed by atoms with Gasteiger partial charge in [-0.3, -0.25) is 14.5 Å². The van der Waals surface area contributed by atoms with Gasteiger partial charge in [0, 0.05) is 12.6 Å². The number of para-hydroxylation sites is 1. The van der Waals surface area contributed by atoms with Crippen LogP contribution in [0.15, 0.2) is 42.5 Å². The number of ether oxygens (including phenoxy) is 1. The summed E-state index contributed by atoms with van der Waals surface area (Å²) in [4.78, 5) is 24.7. The van der Waals surface area contributed by atoms with Crippen molar-refractivity contribution < 1.29 is 23.1 Å². The molecule has 0 fully saturated rings. The predicted molar refractivity (Wildman–Crippen MR) is 90.6 cm³/mol. The highest BCUT2D eigenvalue weighted by molar-refractivity contribution is 6.01. The van der Waals surface area contributed by atoms with Crippen LogP contribution in [0, 0.1) is 11.6 Å². The summed E-state index contributed by atoms with van der Waals surface area (Å²) in [5.74, 6) is -2.40. The zero-order valence-electron chi connectivity index (χ0n) is 13.9. The van der Waals surface area contributed by atoms with E-state index in [0.29, 0.717) is 18.0 Å². The molecule has 5 nitrogen and oxygen atoms in total. The molecule has 0 bridgehead atoms. The number of benzene rings is 2. The second kappa shape index (κ2) is 8.23. The molecule has 0 atom stereocenters. The number of hydrogen-bond acceptors (Lipinski definition) is 3. The Labute approximate surface area is 144 Å². The first-order chi connectivity index (χ1) is 11.9. The molecule has 2 aromatic rings. The maximum absolute atomic E-state index is 13.9. The van der Waals surface area contributed by atoms with Crippen molar-refractivity contribution in [1.29, 1.82) is 0 Å². The van der Waals surface area contributed by atoms with Gasteiger partial charge in [0.1, 0.15) is 29.6 Å². The summed E-state index contributed by atoms with van der Waals surface area (Å²) >= 11 is 0. The minimum atomic E-state index is -0.913. The van der Waals surface area contributed by atoms with Crippen LogP contribution in [0.4, 0.5) is 20.2 Å². The van der Waals surface area contributed by atoms with Crippen LogP contribution in [0.5, 0.6) is 5.75 Å². The second-order valence-electron chi connectivity index (χ2n) is 5.18. The molecule has 0 saturated carbocycles. The van der Waals surface area contributed by atoms with Gasteiger partial charge in [0.25, 0.3) is 0 Å². The third kappa shape index (κ3) is 4.76. The number of amides is 2. The van der Waals surface area contributed by atoms with E-state index in [0.717, 1.165) is 24.0 Å². The molecular weight excluding hydrogens is 330 g/mol. The molecule has 25 heavy (non-hydrogen) atoms. The van der Waals surface area contributed by atoms with Crippen LogP contribution < -0.4 is 15.0 Å². The number of carbonyl (C=O) groups excluding carboxylic acids is 2. The quantitative estimate of drug-likeness (QED) is 0.871. The highest BCUT2D eigenvalue weighted by Crippen LogP contribution is 2.23. The van der Waals surface area contributed by atoms with E-state index in [1.807, 2.05) is 6.92 Å². The molecule has 132 valence electrons. The van der Waals surface area contributed by atoms with Crippen molar-refractivity contribution in [3.8, 4) is 5.75 Å². The molecule has 0 aliphatic rings. The van der Waals surface area contributed by atoms with Gasteiger partial charge in [-0.1, -0.05) is 6.07 Å². The molecule has 0 aliphatic carbocycles. The third-order valence-electron chi connectivity index (χ3n) is 3.34. The molecule has 0 unspecified atom stereocenters. The largest absolute Gasteiger partial charge is 0.494 e. The number of carbonyl (C=O) groups is 2. The van der Waals surface area contributed by atoms with Crippen molar-refractivity contribution in [1.82, 2.24) is 0 Å². The summed E-state index contributed by atoms with van der Waals surface area (Å²) in [6.07, 6.45) is 0. The Balaban J connectivity index is 2.12. The van der Waals surface area contributed by atoms with Gasteiger partial charge in [0.2, 0.25) is 11.8 Å². The van der Waals surface area contributed by atoms with Crippen LogP contribution in [-0.2, 0) is 9.59 Å². The van der Waals surface area contributed by atoms with E-state index >= 15 is 0 Å². The van der Waals surface area contributed by atoms with Crippen molar-refractivity contribution >= 4 is 23.2 Å². The lowest BCUT2D eigenvalue weighted by Crippen LogP contribution is -2.37. The summed E-state index contributed by atoms with van der Waals surface area (Å²) in [5.41, 5.74) is -0.0668. The molecule has 0 heterocycles. The molecule has 0 saturated heterocycles. The predicted octanol–water partition coefficient (Wildman–Crippen LogP) is 3.36. The Morgan fingerprint density at radius 2 is 1.68 bits per heavy atom. The molecule has 2 rings (SSSR count). The molecule has 1 N–H and O–H groups in total. The standard InChI is InChI=1S/C18H18F2N2O3/c1-3-25-14-9-7-13(8-10-14)21-17(24)11-22(12(2)23)18-15(19)5-4-6-16(18)20/h4-10H,3,11H2,1-2H3,(H,21,24). The topological polar surface area (TPSA) is 58.6 Å². The highest BCUT2D eigenvalue weighted by atomic mass is 19.1. The average molecular weight is 348 g/mol. The van der Waals surface area contributed by atoms with E-state index in [1.54, 1.807) is 24.3 Å². The lowest BCUT2D eigenvalue weighted by Gasteiger charge is -2.21. The van der Waals surface area contributed by atoms with Crippen LogP contribution in [0.2, 0.25) is 0 Å². The van der Waals surface area contributed by atoms with E-state index < -0.39 is 35.7 Å². The average Bonchev–Trinajstić information content (AvgIpc) is 2.55. The lowest BCUT2D eigenvalue weighted by molar-refractivity contribution is -0.120. The summed E-state index contributed by atoms with van der Waals surface area (Å²) < 4.78 is 33.0. The second-order valence-corrected chi connectivity index (χ2v) is 5.18. The van der Waals surface area contributed by atoms with E-state index in [4.69, 9.17) is 4.74 Å². The molecule has 7 heteroatoms. The molecular formula is C18H18F2N2O3. The van der Waals surface area contributed by atoms with E-state index in [1.165, 1.54) is 6.07 Å². The molecule has 2 amide bonds. The van der Waals surface area contributed by atoms with Crippen LogP contribution >= 0.6 is 0 Å². The summed E-state index contributed by atoms with van der Waals surface area (Å²) in [6, 6.07) is 9.86. The number of nitrogens with zero attached hydrogens (tertiary/aromatic N) is 1. The summed E-state index contributed by atoms with van der Waals surface area (Å²) in [7, 11) is 0. The number of rotatable bonds is 6. The summed E-state index contributed by atoms with van der Waals surface area (Å²) in [6.45, 7) is 3.00. The van der Waals surface area contributed by atoms with Crippen LogP contribution in [0.3, 0.4) is 0 Å². The van der Waals surface area contributed by atoms with Gasteiger partial charge in [0.15, 0.2) is 0 Å². The normalized spacial score (nSPS) is 10.2. The maximum Gasteiger partial charge on any atom is 0.244 e. The van der Waals surface area contributed by atoms with Crippen molar-refractivity contribution in [3.63, 3.8) is 0 Å². The molecule has 0 aromatic heterocycles. The van der Waals surface area contributed by atoms with Crippen LogP contribution in [-0.4, -0.2) is 25.0 Å². The Bertz CT molecular complexity index is 743. The molecule has 0 radical (unpaired) electrons. The van der Waals surface area contributed by atoms with Gasteiger partial charge in [-0.15, -0.1) is 0 Å². The fourth-order valence-electron chi connectivity index (χ4n) is 2.24. The van der Waals surface area contributed by atoms with Gasteiger partial charge in [-0.05, 0) is 43.3 Å². The van der Waals surface area contributed by atoms with Gasteiger partial charge in [0.05, 0.1) is 6.61 Å². The van der Waals surface area contributed by atoms with Crippen molar-refractivity contribution in [2.45, 2.75) is 13.8 Å². The zero-order valence-corrected chi connectivity index (χ0v) is 13.9. The van der Waals surface area contributed by atoms with Gasteiger partial charge in [-0.25, -0.2) is 8.78 Å². The monoisotopic (exact) mass is 348 g/mol. The van der Waals surface area contributed by atoms with Gasteiger partial charge in [-0.2, -0.15) is 0 Å². The first-order valence-electron chi connectivity index (χ1n) is 7.67. The Morgan fingerprint density at radius 1 is 1.08 bits per heavy atom. The summed E-state index contributed by atoms with van der Waals surface area (Å²) in [5, 5.41) is 2.57. The van der Waals surface area contributed by atoms with Gasteiger partial charge < -0.3 is 10.1 Å². The zero-order chi connectivity index (χ0) is 18.4. The smallest absolute Gasteiger partial charge is 0.244 e. The van der Waals surface area contributed by atoms with Crippen molar-refractivity contribution in [2.75, 3.05) is 23.4 Å². The number of halogens is 2. The number of nitrogens with one attached hydrogen (secondary N) is 1. The van der Waals surface area contributed by atoms with E-state index in [-0.39, 0.29) is 0 Å². The highest BCUT2D eigenvalue weighted by Gasteiger charge is 2.22. The first-order valence-corrected chi connectivity index (χ1v) is 7.67. The Kier molecular flexibility index (Phi) is 6.05. The lowest BCUT2D eigenvalue weighted by atomic mass is 10.2. The maximum atomic E-state index is 13.9. The number of anilines is 2. The molecule has 2 aromatic carbocycles. The van der Waals surface area contributed by atoms with E-state index in [2.05, 4.69) is 5.32 Å². The van der Waals surface area contributed by atoms with Crippen LogP contribution in [0.25, 0.3) is 0 Å².